The first kappa shape index (κ1) is 17.4. The molecule has 0 aromatic carbocycles. The van der Waals surface area contributed by atoms with Gasteiger partial charge in [-0.1, -0.05) is 6.07 Å². The molecule has 2 atom stereocenters. The van der Waals surface area contributed by atoms with Crippen molar-refractivity contribution in [2.45, 2.75) is 31.8 Å². The van der Waals surface area contributed by atoms with Crippen molar-refractivity contribution in [3.05, 3.63) is 71.0 Å². The second-order valence-electron chi connectivity index (χ2n) is 8.01. The average Bonchev–Trinajstić information content (AvgIpc) is 3.23. The van der Waals surface area contributed by atoms with Crippen molar-refractivity contribution < 1.29 is 0 Å². The molecule has 3 aromatic rings. The van der Waals surface area contributed by atoms with Gasteiger partial charge < -0.3 is 9.47 Å². The van der Waals surface area contributed by atoms with Gasteiger partial charge in [0.2, 0.25) is 0 Å². The average molecular weight is 375 g/mol. The molecule has 5 rings (SSSR count). The molecule has 0 spiro atoms. The largest absolute Gasteiger partial charge is 0.312 e. The lowest BCUT2D eigenvalue weighted by Gasteiger charge is -2.43. The van der Waals surface area contributed by atoms with Gasteiger partial charge in [-0.15, -0.1) is 0 Å². The molecule has 0 radical (unpaired) electrons. The summed E-state index contributed by atoms with van der Waals surface area (Å²) in [5.41, 5.74) is 3.10. The predicted octanol–water partition coefficient (Wildman–Crippen LogP) is 2.62. The molecule has 1 saturated heterocycles. The Morgan fingerprint density at radius 3 is 2.82 bits per heavy atom. The summed E-state index contributed by atoms with van der Waals surface area (Å²) >= 11 is 0. The van der Waals surface area contributed by atoms with Crippen LogP contribution < -0.4 is 5.56 Å². The van der Waals surface area contributed by atoms with Crippen molar-refractivity contribution in [3.63, 3.8) is 0 Å². The number of piperidine rings is 1. The van der Waals surface area contributed by atoms with Crippen LogP contribution >= 0.6 is 0 Å². The summed E-state index contributed by atoms with van der Waals surface area (Å²) in [6.45, 7) is 4.99. The second-order valence-corrected chi connectivity index (χ2v) is 8.01. The van der Waals surface area contributed by atoms with E-state index in [0.29, 0.717) is 11.8 Å². The normalized spacial score (nSPS) is 21.4. The predicted molar refractivity (Wildman–Crippen MR) is 108 cm³/mol. The van der Waals surface area contributed by atoms with Crippen molar-refractivity contribution in [2.24, 2.45) is 5.92 Å². The standard InChI is InChI=1S/C22H25N5O/c28-22-13-18(20-5-1-2-6-23-20)12-21-19-11-17(15-27(21)22)14-25(16-19)8-4-10-26-9-3-7-24-26/h1-3,5-7,9,12-13,17,19H,4,8,10-11,14-16H2/t17-,19+/m0/s1. The van der Waals surface area contributed by atoms with E-state index in [4.69, 9.17) is 0 Å². The van der Waals surface area contributed by atoms with Gasteiger partial charge in [-0.2, -0.15) is 5.10 Å². The molecule has 0 amide bonds. The first-order chi connectivity index (χ1) is 13.8. The van der Waals surface area contributed by atoms with Crippen LogP contribution in [0.2, 0.25) is 0 Å². The minimum absolute atomic E-state index is 0.111. The first-order valence-corrected chi connectivity index (χ1v) is 10.1. The molecule has 3 aromatic heterocycles. The molecular weight excluding hydrogens is 350 g/mol. The SMILES string of the molecule is O=c1cc(-c2ccccn2)cc2n1C[C@H]1C[C@@H]2CN(CCCn2cccn2)C1. The maximum atomic E-state index is 12.8. The van der Waals surface area contributed by atoms with Crippen LogP contribution in [0.5, 0.6) is 0 Å². The Morgan fingerprint density at radius 1 is 1.04 bits per heavy atom. The molecule has 1 fully saturated rings. The molecule has 28 heavy (non-hydrogen) atoms. The van der Waals surface area contributed by atoms with Crippen LogP contribution in [0.3, 0.4) is 0 Å². The van der Waals surface area contributed by atoms with Crippen LogP contribution in [0.15, 0.2) is 59.8 Å². The highest BCUT2D eigenvalue weighted by molar-refractivity contribution is 5.59. The van der Waals surface area contributed by atoms with Gasteiger partial charge in [0.15, 0.2) is 0 Å². The molecule has 2 bridgehead atoms. The van der Waals surface area contributed by atoms with E-state index in [1.165, 1.54) is 12.1 Å². The van der Waals surface area contributed by atoms with Crippen molar-refractivity contribution in [1.82, 2.24) is 24.2 Å². The Hall–Kier alpha value is -2.73. The topological polar surface area (TPSA) is 56.0 Å². The van der Waals surface area contributed by atoms with Crippen LogP contribution in [-0.2, 0) is 13.1 Å². The highest BCUT2D eigenvalue weighted by Gasteiger charge is 2.34. The van der Waals surface area contributed by atoms with E-state index < -0.39 is 0 Å². The number of likely N-dealkylation sites (tertiary alicyclic amines) is 1. The van der Waals surface area contributed by atoms with Crippen molar-refractivity contribution >= 4 is 0 Å². The quantitative estimate of drug-likeness (QED) is 0.688. The molecule has 144 valence electrons. The lowest BCUT2D eigenvalue weighted by atomic mass is 9.82. The number of pyridine rings is 2. The third-order valence-electron chi connectivity index (χ3n) is 6.01. The molecule has 5 heterocycles. The molecule has 0 aliphatic carbocycles. The van der Waals surface area contributed by atoms with Gasteiger partial charge in [0.05, 0.1) is 5.69 Å². The second kappa shape index (κ2) is 7.36. The van der Waals surface area contributed by atoms with Gasteiger partial charge >= 0.3 is 0 Å². The highest BCUT2D eigenvalue weighted by atomic mass is 16.1. The van der Waals surface area contributed by atoms with Gasteiger partial charge in [-0.25, -0.2) is 0 Å². The minimum Gasteiger partial charge on any atom is -0.312 e. The number of rotatable bonds is 5. The van der Waals surface area contributed by atoms with E-state index in [2.05, 4.69) is 21.0 Å². The highest BCUT2D eigenvalue weighted by Crippen LogP contribution is 2.36. The number of nitrogens with zero attached hydrogens (tertiary/aromatic N) is 5. The van der Waals surface area contributed by atoms with Crippen molar-refractivity contribution in [1.29, 1.82) is 0 Å². The van der Waals surface area contributed by atoms with E-state index in [-0.39, 0.29) is 5.56 Å². The Balaban J connectivity index is 1.35. The van der Waals surface area contributed by atoms with Gasteiger partial charge in [0.25, 0.3) is 5.56 Å². The maximum absolute atomic E-state index is 12.8. The lowest BCUT2D eigenvalue weighted by Crippen LogP contribution is -2.47. The first-order valence-electron chi connectivity index (χ1n) is 10.1. The van der Waals surface area contributed by atoms with E-state index in [1.807, 2.05) is 45.9 Å². The summed E-state index contributed by atoms with van der Waals surface area (Å²) in [7, 11) is 0. The summed E-state index contributed by atoms with van der Waals surface area (Å²) in [5.74, 6) is 0.989. The van der Waals surface area contributed by atoms with Crippen LogP contribution in [0, 0.1) is 5.92 Å². The molecule has 0 unspecified atom stereocenters. The number of hydrogen-bond acceptors (Lipinski definition) is 4. The minimum atomic E-state index is 0.111. The van der Waals surface area contributed by atoms with Crippen LogP contribution in [-0.4, -0.2) is 43.9 Å². The molecule has 2 aliphatic rings. The molecule has 6 nitrogen and oxygen atoms in total. The van der Waals surface area contributed by atoms with Crippen molar-refractivity contribution in [2.75, 3.05) is 19.6 Å². The molecule has 2 aliphatic heterocycles. The van der Waals surface area contributed by atoms with Gasteiger partial charge in [0, 0.05) is 68.0 Å². The zero-order chi connectivity index (χ0) is 18.9. The Labute approximate surface area is 164 Å². The van der Waals surface area contributed by atoms with E-state index in [9.17, 15) is 4.79 Å². The zero-order valence-corrected chi connectivity index (χ0v) is 15.9. The number of aromatic nitrogens is 4. The van der Waals surface area contributed by atoms with Gasteiger partial charge in [-0.05, 0) is 49.6 Å². The third-order valence-corrected chi connectivity index (χ3v) is 6.01. The molecule has 6 heteroatoms. The Kier molecular flexibility index (Phi) is 4.56. The Morgan fingerprint density at radius 2 is 2.00 bits per heavy atom. The third kappa shape index (κ3) is 3.40. The van der Waals surface area contributed by atoms with Gasteiger partial charge in [0.1, 0.15) is 0 Å². The number of aryl methyl sites for hydroxylation is 1. The summed E-state index contributed by atoms with van der Waals surface area (Å²) in [6, 6.07) is 11.8. The van der Waals surface area contributed by atoms with E-state index in [0.717, 1.165) is 50.4 Å². The molecular formula is C22H25N5O. The fourth-order valence-corrected chi connectivity index (χ4v) is 4.81. The summed E-state index contributed by atoms with van der Waals surface area (Å²) < 4.78 is 4.01. The smallest absolute Gasteiger partial charge is 0.251 e. The fourth-order valence-electron chi connectivity index (χ4n) is 4.81. The molecule has 0 saturated carbocycles. The number of fused-ring (bicyclic) bond motifs is 4. The summed E-state index contributed by atoms with van der Waals surface area (Å²) in [5, 5.41) is 4.29. The lowest BCUT2D eigenvalue weighted by molar-refractivity contribution is 0.117. The summed E-state index contributed by atoms with van der Waals surface area (Å²) in [6.07, 6.45) is 7.92. The monoisotopic (exact) mass is 375 g/mol. The summed E-state index contributed by atoms with van der Waals surface area (Å²) in [4.78, 5) is 19.8. The van der Waals surface area contributed by atoms with E-state index in [1.54, 1.807) is 12.3 Å². The van der Waals surface area contributed by atoms with Crippen molar-refractivity contribution in [3.8, 4) is 11.3 Å². The zero-order valence-electron chi connectivity index (χ0n) is 15.9. The maximum Gasteiger partial charge on any atom is 0.251 e. The number of hydrogen-bond donors (Lipinski definition) is 0. The van der Waals surface area contributed by atoms with Crippen LogP contribution in [0.25, 0.3) is 11.3 Å². The van der Waals surface area contributed by atoms with Gasteiger partial charge in [-0.3, -0.25) is 14.5 Å². The van der Waals surface area contributed by atoms with Crippen LogP contribution in [0.4, 0.5) is 0 Å². The molecule has 0 N–H and O–H groups in total. The van der Waals surface area contributed by atoms with E-state index >= 15 is 0 Å². The fraction of sp³-hybridized carbons (Fsp3) is 0.409. The van der Waals surface area contributed by atoms with Crippen LogP contribution in [0.1, 0.15) is 24.5 Å². The Bertz CT molecular complexity index is 996.